The Morgan fingerprint density at radius 2 is 1.71 bits per heavy atom. The molecule has 1 fully saturated rings. The largest absolute Gasteiger partial charge is 0.296 e. The van der Waals surface area contributed by atoms with Gasteiger partial charge in [0.05, 0.1) is 29.2 Å². The zero-order chi connectivity index (χ0) is 24.2. The first-order chi connectivity index (χ1) is 17.1. The highest BCUT2D eigenvalue weighted by atomic mass is 32.2. The zero-order valence-corrected chi connectivity index (χ0v) is 20.4. The van der Waals surface area contributed by atoms with Crippen molar-refractivity contribution < 1.29 is 4.39 Å². The SMILES string of the molecule is Cc1nn(-c2ccccc2)c(CSc2nnc(CN3CCCCC3)n2-c2ccc(F)cc2)c1C#N. The Labute approximate surface area is 208 Å². The van der Waals surface area contributed by atoms with E-state index < -0.39 is 0 Å². The van der Waals surface area contributed by atoms with Gasteiger partial charge < -0.3 is 0 Å². The molecule has 7 nitrogen and oxygen atoms in total. The number of aromatic nitrogens is 5. The molecule has 9 heteroatoms. The highest BCUT2D eigenvalue weighted by molar-refractivity contribution is 7.98. The average molecular weight is 488 g/mol. The van der Waals surface area contributed by atoms with Crippen LogP contribution >= 0.6 is 11.8 Å². The Kier molecular flexibility index (Phi) is 6.93. The van der Waals surface area contributed by atoms with Crippen LogP contribution in [0.4, 0.5) is 4.39 Å². The van der Waals surface area contributed by atoms with Crippen LogP contribution in [0.3, 0.4) is 0 Å². The third kappa shape index (κ3) is 4.99. The minimum Gasteiger partial charge on any atom is -0.296 e. The average Bonchev–Trinajstić information content (AvgIpc) is 3.44. The molecule has 0 aliphatic carbocycles. The summed E-state index contributed by atoms with van der Waals surface area (Å²) in [6, 6.07) is 18.5. The van der Waals surface area contributed by atoms with Crippen LogP contribution in [-0.2, 0) is 12.3 Å². The van der Waals surface area contributed by atoms with Gasteiger partial charge in [0.2, 0.25) is 0 Å². The topological polar surface area (TPSA) is 75.6 Å². The molecule has 0 atom stereocenters. The molecule has 3 heterocycles. The second kappa shape index (κ2) is 10.4. The van der Waals surface area contributed by atoms with Gasteiger partial charge in [0.15, 0.2) is 11.0 Å². The van der Waals surface area contributed by atoms with Crippen molar-refractivity contribution in [3.05, 3.63) is 83.2 Å². The molecule has 178 valence electrons. The maximum atomic E-state index is 13.7. The zero-order valence-electron chi connectivity index (χ0n) is 19.6. The van der Waals surface area contributed by atoms with Gasteiger partial charge in [0.25, 0.3) is 0 Å². The van der Waals surface area contributed by atoms with Crippen LogP contribution in [0, 0.1) is 24.1 Å². The first-order valence-corrected chi connectivity index (χ1v) is 12.7. The molecule has 0 spiro atoms. The predicted molar refractivity (Wildman–Crippen MR) is 133 cm³/mol. The van der Waals surface area contributed by atoms with Crippen molar-refractivity contribution in [3.8, 4) is 17.4 Å². The Morgan fingerprint density at radius 1 is 0.971 bits per heavy atom. The lowest BCUT2D eigenvalue weighted by Gasteiger charge is -2.26. The summed E-state index contributed by atoms with van der Waals surface area (Å²) in [5, 5.41) is 24.2. The summed E-state index contributed by atoms with van der Waals surface area (Å²) in [5.74, 6) is 1.03. The van der Waals surface area contributed by atoms with Gasteiger partial charge in [-0.15, -0.1) is 10.2 Å². The van der Waals surface area contributed by atoms with Crippen LogP contribution < -0.4 is 0 Å². The van der Waals surface area contributed by atoms with Crippen molar-refractivity contribution in [2.24, 2.45) is 0 Å². The summed E-state index contributed by atoms with van der Waals surface area (Å²) < 4.78 is 17.5. The van der Waals surface area contributed by atoms with E-state index in [9.17, 15) is 9.65 Å². The predicted octanol–water partition coefficient (Wildman–Crippen LogP) is 5.05. The van der Waals surface area contributed by atoms with Gasteiger partial charge in [-0.3, -0.25) is 9.47 Å². The molecule has 0 bridgehead atoms. The van der Waals surface area contributed by atoms with Gasteiger partial charge in [-0.1, -0.05) is 36.4 Å². The number of piperidine rings is 1. The molecule has 1 aliphatic heterocycles. The van der Waals surface area contributed by atoms with E-state index in [2.05, 4.69) is 26.3 Å². The summed E-state index contributed by atoms with van der Waals surface area (Å²) in [4.78, 5) is 2.39. The summed E-state index contributed by atoms with van der Waals surface area (Å²) >= 11 is 1.50. The molecule has 0 radical (unpaired) electrons. The molecule has 1 aliphatic rings. The number of benzene rings is 2. The molecule has 5 rings (SSSR count). The number of nitrogens with zero attached hydrogens (tertiary/aromatic N) is 7. The first kappa shape index (κ1) is 23.3. The molecular weight excluding hydrogens is 461 g/mol. The van der Waals surface area contributed by atoms with Gasteiger partial charge in [-0.25, -0.2) is 9.07 Å². The smallest absolute Gasteiger partial charge is 0.196 e. The van der Waals surface area contributed by atoms with Crippen molar-refractivity contribution in [1.29, 1.82) is 5.26 Å². The van der Waals surface area contributed by atoms with Gasteiger partial charge in [-0.2, -0.15) is 10.4 Å². The number of likely N-dealkylation sites (tertiary alicyclic amines) is 1. The molecule has 4 aromatic rings. The van der Waals surface area contributed by atoms with E-state index in [4.69, 9.17) is 0 Å². The Bertz CT molecular complexity index is 1330. The van der Waals surface area contributed by atoms with E-state index in [1.807, 2.05) is 46.5 Å². The number of rotatable bonds is 7. The number of aryl methyl sites for hydroxylation is 1. The number of para-hydroxylation sites is 1. The summed E-state index contributed by atoms with van der Waals surface area (Å²) in [5.41, 5.74) is 3.80. The van der Waals surface area contributed by atoms with E-state index in [0.29, 0.717) is 28.7 Å². The number of halogens is 1. The standard InChI is InChI=1S/C26H26FN7S/c1-19-23(16-28)24(34(31-19)22-8-4-2-5-9-22)18-35-26-30-29-25(17-32-14-6-3-7-15-32)33(26)21-12-10-20(27)11-13-21/h2,4-5,8-13H,3,6-7,14-15,17-18H2,1H3. The second-order valence-electron chi connectivity index (χ2n) is 8.60. The summed E-state index contributed by atoms with van der Waals surface area (Å²) in [6.45, 7) is 4.62. The molecule has 35 heavy (non-hydrogen) atoms. The number of hydrogen-bond donors (Lipinski definition) is 0. The molecule has 0 unspecified atom stereocenters. The minimum absolute atomic E-state index is 0.283. The van der Waals surface area contributed by atoms with Crippen LogP contribution in [0.2, 0.25) is 0 Å². The molecular formula is C26H26FN7S. The number of thioether (sulfide) groups is 1. The fourth-order valence-corrected chi connectivity index (χ4v) is 5.40. The van der Waals surface area contributed by atoms with Crippen molar-refractivity contribution >= 4 is 11.8 Å². The molecule has 0 N–H and O–H groups in total. The lowest BCUT2D eigenvalue weighted by molar-refractivity contribution is 0.214. The fraction of sp³-hybridized carbons (Fsp3) is 0.308. The van der Waals surface area contributed by atoms with Crippen LogP contribution in [0.25, 0.3) is 11.4 Å². The van der Waals surface area contributed by atoms with E-state index in [1.54, 1.807) is 12.1 Å². The number of hydrogen-bond acceptors (Lipinski definition) is 6. The molecule has 0 saturated carbocycles. The quantitative estimate of drug-likeness (QED) is 0.340. The molecule has 2 aromatic heterocycles. The normalized spacial score (nSPS) is 14.2. The Balaban J connectivity index is 1.48. The van der Waals surface area contributed by atoms with E-state index in [1.165, 1.54) is 43.2 Å². The number of nitriles is 1. The molecule has 0 amide bonds. The van der Waals surface area contributed by atoms with E-state index >= 15 is 0 Å². The van der Waals surface area contributed by atoms with E-state index in [0.717, 1.165) is 36.0 Å². The molecule has 1 saturated heterocycles. The lowest BCUT2D eigenvalue weighted by Crippen LogP contribution is -2.30. The lowest BCUT2D eigenvalue weighted by atomic mass is 10.1. The second-order valence-corrected chi connectivity index (χ2v) is 9.54. The monoisotopic (exact) mass is 487 g/mol. The van der Waals surface area contributed by atoms with E-state index in [-0.39, 0.29) is 5.82 Å². The van der Waals surface area contributed by atoms with Crippen molar-refractivity contribution in [1.82, 2.24) is 29.4 Å². The minimum atomic E-state index is -0.283. The van der Waals surface area contributed by atoms with Gasteiger partial charge in [0.1, 0.15) is 11.9 Å². The van der Waals surface area contributed by atoms with Gasteiger partial charge in [0, 0.05) is 11.4 Å². The highest BCUT2D eigenvalue weighted by Crippen LogP contribution is 2.29. The van der Waals surface area contributed by atoms with Crippen molar-refractivity contribution in [2.75, 3.05) is 13.1 Å². The van der Waals surface area contributed by atoms with Gasteiger partial charge >= 0.3 is 0 Å². The summed E-state index contributed by atoms with van der Waals surface area (Å²) in [7, 11) is 0. The Hall–Kier alpha value is -3.48. The van der Waals surface area contributed by atoms with Crippen LogP contribution in [-0.4, -0.2) is 42.5 Å². The fourth-order valence-electron chi connectivity index (χ4n) is 4.43. The van der Waals surface area contributed by atoms with Crippen LogP contribution in [0.15, 0.2) is 59.8 Å². The van der Waals surface area contributed by atoms with Gasteiger partial charge in [-0.05, 0) is 69.3 Å². The summed E-state index contributed by atoms with van der Waals surface area (Å²) in [6.07, 6.45) is 3.64. The van der Waals surface area contributed by atoms with Crippen molar-refractivity contribution in [3.63, 3.8) is 0 Å². The first-order valence-electron chi connectivity index (χ1n) is 11.7. The maximum absolute atomic E-state index is 13.7. The van der Waals surface area contributed by atoms with Crippen molar-refractivity contribution in [2.45, 2.75) is 43.6 Å². The van der Waals surface area contributed by atoms with Crippen LogP contribution in [0.1, 0.15) is 42.0 Å². The third-order valence-corrected chi connectivity index (χ3v) is 7.15. The molecule has 2 aromatic carbocycles. The third-order valence-electron chi connectivity index (χ3n) is 6.21. The van der Waals surface area contributed by atoms with Crippen LogP contribution in [0.5, 0.6) is 0 Å². The maximum Gasteiger partial charge on any atom is 0.196 e. The Morgan fingerprint density at radius 3 is 2.43 bits per heavy atom. The highest BCUT2D eigenvalue weighted by Gasteiger charge is 2.21.